The molecule has 1 aliphatic rings. The molecule has 0 heterocycles. The molecular weight excluding hydrogens is 236 g/mol. The van der Waals surface area contributed by atoms with E-state index in [1.165, 1.54) is 12.8 Å². The number of hydrogen-bond donors (Lipinski definition) is 2. The fourth-order valence-electron chi connectivity index (χ4n) is 2.92. The summed E-state index contributed by atoms with van der Waals surface area (Å²) in [6.07, 6.45) is 4.74. The van der Waals surface area contributed by atoms with Gasteiger partial charge in [0.15, 0.2) is 0 Å². The van der Waals surface area contributed by atoms with Gasteiger partial charge in [-0.2, -0.15) is 0 Å². The average Bonchev–Trinajstić information content (AvgIpc) is 2.88. The van der Waals surface area contributed by atoms with Gasteiger partial charge in [-0.25, -0.2) is 0 Å². The second-order valence-corrected chi connectivity index (χ2v) is 5.91. The van der Waals surface area contributed by atoms with Crippen molar-refractivity contribution in [1.29, 1.82) is 0 Å². The van der Waals surface area contributed by atoms with Gasteiger partial charge < -0.3 is 11.1 Å². The highest BCUT2D eigenvalue weighted by Gasteiger charge is 2.32. The van der Waals surface area contributed by atoms with E-state index < -0.39 is 0 Å². The van der Waals surface area contributed by atoms with Crippen molar-refractivity contribution in [2.45, 2.75) is 39.5 Å². The van der Waals surface area contributed by atoms with Crippen molar-refractivity contribution < 1.29 is 4.79 Å². The number of aryl methyl sites for hydroxylation is 2. The molecule has 3 heteroatoms. The lowest BCUT2D eigenvalue weighted by Gasteiger charge is -2.27. The second-order valence-electron chi connectivity index (χ2n) is 5.91. The Labute approximate surface area is 115 Å². The molecule has 1 aromatic rings. The van der Waals surface area contributed by atoms with Crippen LogP contribution in [0.1, 0.15) is 47.2 Å². The zero-order valence-corrected chi connectivity index (χ0v) is 12.0. The average molecular weight is 260 g/mol. The predicted molar refractivity (Wildman–Crippen MR) is 78.2 cm³/mol. The fraction of sp³-hybridized carbons (Fsp3) is 0.562. The monoisotopic (exact) mass is 260 g/mol. The molecule has 3 nitrogen and oxygen atoms in total. The Bertz CT molecular complexity index is 462. The molecule has 0 bridgehead atoms. The van der Waals surface area contributed by atoms with Crippen LogP contribution in [-0.4, -0.2) is 19.0 Å². The summed E-state index contributed by atoms with van der Waals surface area (Å²) >= 11 is 0. The number of hydrogen-bond acceptors (Lipinski definition) is 2. The van der Waals surface area contributed by atoms with Crippen LogP contribution in [0.4, 0.5) is 0 Å². The van der Waals surface area contributed by atoms with Crippen LogP contribution >= 0.6 is 0 Å². The van der Waals surface area contributed by atoms with Crippen LogP contribution in [0.3, 0.4) is 0 Å². The van der Waals surface area contributed by atoms with Gasteiger partial charge in [0.2, 0.25) is 0 Å². The van der Waals surface area contributed by atoms with Crippen LogP contribution in [0.2, 0.25) is 0 Å². The fourth-order valence-corrected chi connectivity index (χ4v) is 2.92. The lowest BCUT2D eigenvalue weighted by atomic mass is 9.86. The number of rotatable bonds is 4. The highest BCUT2D eigenvalue weighted by molar-refractivity contribution is 5.95. The number of carbonyl (C=O) groups excluding carboxylic acids is 1. The molecule has 1 saturated carbocycles. The summed E-state index contributed by atoms with van der Waals surface area (Å²) in [6.45, 7) is 5.35. The van der Waals surface area contributed by atoms with Gasteiger partial charge >= 0.3 is 0 Å². The van der Waals surface area contributed by atoms with E-state index in [0.29, 0.717) is 13.1 Å². The molecule has 2 rings (SSSR count). The number of benzene rings is 1. The van der Waals surface area contributed by atoms with Crippen molar-refractivity contribution in [3.05, 3.63) is 34.9 Å². The summed E-state index contributed by atoms with van der Waals surface area (Å²) in [4.78, 5) is 12.3. The minimum Gasteiger partial charge on any atom is -0.351 e. The van der Waals surface area contributed by atoms with E-state index in [-0.39, 0.29) is 11.3 Å². The minimum atomic E-state index is 0.0286. The third-order valence-corrected chi connectivity index (χ3v) is 4.36. The number of amides is 1. The van der Waals surface area contributed by atoms with E-state index in [1.807, 2.05) is 32.0 Å². The number of nitrogens with two attached hydrogens (primary N) is 1. The van der Waals surface area contributed by atoms with Gasteiger partial charge in [-0.05, 0) is 50.3 Å². The van der Waals surface area contributed by atoms with Crippen LogP contribution in [0.25, 0.3) is 0 Å². The Balaban J connectivity index is 2.03. The first-order valence-electron chi connectivity index (χ1n) is 7.12. The number of carbonyl (C=O) groups is 1. The van der Waals surface area contributed by atoms with Gasteiger partial charge in [-0.15, -0.1) is 0 Å². The van der Waals surface area contributed by atoms with E-state index in [0.717, 1.165) is 29.5 Å². The van der Waals surface area contributed by atoms with E-state index in [2.05, 4.69) is 5.32 Å². The molecule has 3 N–H and O–H groups in total. The first-order chi connectivity index (χ1) is 9.06. The summed E-state index contributed by atoms with van der Waals surface area (Å²) in [6, 6.07) is 5.98. The third kappa shape index (κ3) is 3.16. The zero-order chi connectivity index (χ0) is 13.9. The van der Waals surface area contributed by atoms with Crippen molar-refractivity contribution in [3.63, 3.8) is 0 Å². The maximum Gasteiger partial charge on any atom is 0.251 e. The first-order valence-corrected chi connectivity index (χ1v) is 7.12. The molecule has 1 fully saturated rings. The summed E-state index contributed by atoms with van der Waals surface area (Å²) in [7, 11) is 0. The van der Waals surface area contributed by atoms with E-state index in [9.17, 15) is 4.79 Å². The van der Waals surface area contributed by atoms with Crippen molar-refractivity contribution in [3.8, 4) is 0 Å². The quantitative estimate of drug-likeness (QED) is 0.874. The summed E-state index contributed by atoms with van der Waals surface area (Å²) in [5.41, 5.74) is 8.95. The molecule has 1 amide bonds. The lowest BCUT2D eigenvalue weighted by molar-refractivity contribution is 0.0931. The van der Waals surface area contributed by atoms with Gasteiger partial charge in [0.25, 0.3) is 5.91 Å². The first kappa shape index (κ1) is 14.1. The molecule has 0 saturated heterocycles. The summed E-state index contributed by atoms with van der Waals surface area (Å²) in [5.74, 6) is 0.0286. The Hall–Kier alpha value is -1.35. The van der Waals surface area contributed by atoms with Gasteiger partial charge in [-0.3, -0.25) is 4.79 Å². The maximum absolute atomic E-state index is 12.3. The van der Waals surface area contributed by atoms with Crippen LogP contribution in [0, 0.1) is 19.3 Å². The maximum atomic E-state index is 12.3. The lowest BCUT2D eigenvalue weighted by Crippen LogP contribution is -2.40. The molecular formula is C16H24N2O. The van der Waals surface area contributed by atoms with E-state index in [1.54, 1.807) is 0 Å². The van der Waals surface area contributed by atoms with Crippen LogP contribution < -0.4 is 11.1 Å². The molecule has 0 radical (unpaired) electrons. The Morgan fingerprint density at radius 3 is 2.63 bits per heavy atom. The van der Waals surface area contributed by atoms with E-state index in [4.69, 9.17) is 5.73 Å². The smallest absolute Gasteiger partial charge is 0.251 e. The van der Waals surface area contributed by atoms with E-state index >= 15 is 0 Å². The van der Waals surface area contributed by atoms with Crippen molar-refractivity contribution >= 4 is 5.91 Å². The topological polar surface area (TPSA) is 55.1 Å². The van der Waals surface area contributed by atoms with Crippen LogP contribution in [0.15, 0.2) is 18.2 Å². The molecule has 19 heavy (non-hydrogen) atoms. The summed E-state index contributed by atoms with van der Waals surface area (Å²) in [5, 5.41) is 3.08. The molecule has 1 aliphatic carbocycles. The molecule has 104 valence electrons. The zero-order valence-electron chi connectivity index (χ0n) is 12.0. The standard InChI is InChI=1S/C16H24N2O/c1-12-5-6-13(2)14(9-12)15(19)18-11-16(10-17)7-3-4-8-16/h5-6,9H,3-4,7-8,10-11,17H2,1-2H3,(H,18,19). The van der Waals surface area contributed by atoms with Crippen LogP contribution in [-0.2, 0) is 0 Å². The van der Waals surface area contributed by atoms with Crippen molar-refractivity contribution in [1.82, 2.24) is 5.32 Å². The third-order valence-electron chi connectivity index (χ3n) is 4.36. The molecule has 0 unspecified atom stereocenters. The van der Waals surface area contributed by atoms with Gasteiger partial charge in [-0.1, -0.05) is 30.5 Å². The molecule has 0 aromatic heterocycles. The predicted octanol–water partition coefficient (Wildman–Crippen LogP) is 2.55. The minimum absolute atomic E-state index is 0.0286. The Kier molecular flexibility index (Phi) is 4.25. The van der Waals surface area contributed by atoms with Crippen LogP contribution in [0.5, 0.6) is 0 Å². The highest BCUT2D eigenvalue weighted by atomic mass is 16.1. The Morgan fingerprint density at radius 1 is 1.32 bits per heavy atom. The van der Waals surface area contributed by atoms with Gasteiger partial charge in [0.05, 0.1) is 0 Å². The van der Waals surface area contributed by atoms with Crippen molar-refractivity contribution in [2.75, 3.05) is 13.1 Å². The van der Waals surface area contributed by atoms with Crippen molar-refractivity contribution in [2.24, 2.45) is 11.1 Å². The molecule has 0 atom stereocenters. The number of nitrogens with one attached hydrogen (secondary N) is 1. The van der Waals surface area contributed by atoms with Gasteiger partial charge in [0.1, 0.15) is 0 Å². The largest absolute Gasteiger partial charge is 0.351 e. The molecule has 1 aromatic carbocycles. The molecule has 0 spiro atoms. The summed E-state index contributed by atoms with van der Waals surface area (Å²) < 4.78 is 0. The normalized spacial score (nSPS) is 17.4. The van der Waals surface area contributed by atoms with Gasteiger partial charge in [0, 0.05) is 12.1 Å². The highest BCUT2D eigenvalue weighted by Crippen LogP contribution is 2.36. The SMILES string of the molecule is Cc1ccc(C)c(C(=O)NCC2(CN)CCCC2)c1. The molecule has 0 aliphatic heterocycles. The second kappa shape index (κ2) is 5.74. The Morgan fingerprint density at radius 2 is 2.00 bits per heavy atom.